The number of hydrogen-bond acceptors (Lipinski definition) is 5. The highest BCUT2D eigenvalue weighted by Crippen LogP contribution is 2.28. The lowest BCUT2D eigenvalue weighted by molar-refractivity contribution is 0.362. The van der Waals surface area contributed by atoms with E-state index in [4.69, 9.17) is 5.73 Å². The Hall–Kier alpha value is -0.140. The van der Waals surface area contributed by atoms with Crippen molar-refractivity contribution in [3.8, 4) is 0 Å². The van der Waals surface area contributed by atoms with Gasteiger partial charge in [0.15, 0.2) is 19.7 Å². The molecule has 0 saturated carbocycles. The average Bonchev–Trinajstić information content (AvgIpc) is 2.59. The van der Waals surface area contributed by atoms with E-state index >= 15 is 0 Å². The quantitative estimate of drug-likeness (QED) is 0.756. The summed E-state index contributed by atoms with van der Waals surface area (Å²) in [6, 6.07) is 0. The third-order valence-electron chi connectivity index (χ3n) is 3.73. The van der Waals surface area contributed by atoms with Gasteiger partial charge in [-0.2, -0.15) is 0 Å². The molecule has 0 aromatic rings. The molecule has 2 atom stereocenters. The molecule has 0 aromatic heterocycles. The molecule has 18 heavy (non-hydrogen) atoms. The van der Waals surface area contributed by atoms with E-state index < -0.39 is 19.7 Å². The van der Waals surface area contributed by atoms with Crippen LogP contribution < -0.4 is 5.73 Å². The molecule has 0 spiro atoms. The summed E-state index contributed by atoms with van der Waals surface area (Å²) in [5, 5.41) is -0.386. The van der Waals surface area contributed by atoms with Crippen molar-refractivity contribution < 1.29 is 16.8 Å². The van der Waals surface area contributed by atoms with E-state index in [1.807, 2.05) is 0 Å². The zero-order valence-corrected chi connectivity index (χ0v) is 12.6. The van der Waals surface area contributed by atoms with Gasteiger partial charge in [-0.25, -0.2) is 16.8 Å². The Morgan fingerprint density at radius 2 is 1.94 bits per heavy atom. The van der Waals surface area contributed by atoms with Crippen LogP contribution in [0.4, 0.5) is 0 Å². The first-order valence-corrected chi connectivity index (χ1v) is 9.83. The van der Waals surface area contributed by atoms with Crippen molar-refractivity contribution >= 4 is 19.7 Å². The highest BCUT2D eigenvalue weighted by molar-refractivity contribution is 7.92. The molecular formula is C11H23NO4S2. The molecule has 0 bridgehead atoms. The molecule has 5 nitrogen and oxygen atoms in total. The van der Waals surface area contributed by atoms with Gasteiger partial charge in [0.2, 0.25) is 0 Å². The third-order valence-corrected chi connectivity index (χ3v) is 7.76. The first kappa shape index (κ1) is 15.9. The van der Waals surface area contributed by atoms with Gasteiger partial charge in [-0.1, -0.05) is 0 Å². The Morgan fingerprint density at radius 3 is 2.33 bits per heavy atom. The summed E-state index contributed by atoms with van der Waals surface area (Å²) < 4.78 is 46.3. The van der Waals surface area contributed by atoms with Crippen LogP contribution >= 0.6 is 0 Å². The maximum Gasteiger partial charge on any atom is 0.152 e. The highest BCUT2D eigenvalue weighted by Gasteiger charge is 2.33. The zero-order chi connectivity index (χ0) is 14.0. The van der Waals surface area contributed by atoms with Crippen molar-refractivity contribution in [3.05, 3.63) is 0 Å². The van der Waals surface area contributed by atoms with Crippen LogP contribution in [0.5, 0.6) is 0 Å². The van der Waals surface area contributed by atoms with Crippen LogP contribution in [-0.2, 0) is 19.7 Å². The van der Waals surface area contributed by atoms with Gasteiger partial charge < -0.3 is 5.73 Å². The first-order chi connectivity index (χ1) is 8.18. The first-order valence-electron chi connectivity index (χ1n) is 6.30. The Kier molecular flexibility index (Phi) is 5.20. The van der Waals surface area contributed by atoms with Crippen molar-refractivity contribution in [1.82, 2.24) is 0 Å². The van der Waals surface area contributed by atoms with E-state index in [0.717, 1.165) is 0 Å². The minimum absolute atomic E-state index is 0.00389. The predicted octanol–water partition coefficient (Wildman–Crippen LogP) is 0.209. The van der Waals surface area contributed by atoms with Crippen LogP contribution in [0.2, 0.25) is 0 Å². The largest absolute Gasteiger partial charge is 0.330 e. The van der Waals surface area contributed by atoms with Crippen molar-refractivity contribution in [2.24, 2.45) is 17.6 Å². The SMILES string of the molecule is CC(C)S(=O)(=O)CCC(CN)C1CCS(=O)(=O)C1. The molecule has 2 unspecified atom stereocenters. The average molecular weight is 297 g/mol. The summed E-state index contributed by atoms with van der Waals surface area (Å²) in [4.78, 5) is 0. The molecule has 1 heterocycles. The Bertz CT molecular complexity index is 467. The smallest absolute Gasteiger partial charge is 0.152 e. The number of rotatable bonds is 6. The fourth-order valence-electron chi connectivity index (χ4n) is 2.29. The lowest BCUT2D eigenvalue weighted by Gasteiger charge is -2.21. The van der Waals surface area contributed by atoms with Crippen LogP contribution in [0.25, 0.3) is 0 Å². The standard InChI is InChI=1S/C11H23NO4S2/c1-9(2)18(15,16)6-4-10(7-12)11-3-5-17(13,14)8-11/h9-11H,3-8,12H2,1-2H3. The van der Waals surface area contributed by atoms with Crippen molar-refractivity contribution in [1.29, 1.82) is 0 Å². The zero-order valence-electron chi connectivity index (χ0n) is 11.0. The van der Waals surface area contributed by atoms with Crippen molar-refractivity contribution in [3.63, 3.8) is 0 Å². The maximum absolute atomic E-state index is 11.7. The summed E-state index contributed by atoms with van der Waals surface area (Å²) >= 11 is 0. The number of sulfone groups is 2. The minimum Gasteiger partial charge on any atom is -0.330 e. The van der Waals surface area contributed by atoms with Crippen LogP contribution in [0, 0.1) is 11.8 Å². The van der Waals surface area contributed by atoms with E-state index in [1.165, 1.54) is 0 Å². The van der Waals surface area contributed by atoms with Gasteiger partial charge in [-0.15, -0.1) is 0 Å². The van der Waals surface area contributed by atoms with E-state index in [9.17, 15) is 16.8 Å². The van der Waals surface area contributed by atoms with Gasteiger partial charge in [0.25, 0.3) is 0 Å². The lowest BCUT2D eigenvalue weighted by Crippen LogP contribution is -2.28. The van der Waals surface area contributed by atoms with E-state index in [0.29, 0.717) is 19.4 Å². The molecule has 7 heteroatoms. The lowest BCUT2D eigenvalue weighted by atomic mass is 9.90. The topological polar surface area (TPSA) is 94.3 Å². The molecule has 1 rings (SSSR count). The van der Waals surface area contributed by atoms with Gasteiger partial charge >= 0.3 is 0 Å². The molecule has 0 amide bonds. The number of hydrogen-bond donors (Lipinski definition) is 1. The van der Waals surface area contributed by atoms with Gasteiger partial charge in [0, 0.05) is 0 Å². The maximum atomic E-state index is 11.7. The second-order valence-corrected chi connectivity index (χ2v) is 10.3. The van der Waals surface area contributed by atoms with E-state index in [1.54, 1.807) is 13.8 Å². The molecule has 2 N–H and O–H groups in total. The summed E-state index contributed by atoms with van der Waals surface area (Å²) in [5.74, 6) is 0.503. The van der Waals surface area contributed by atoms with Gasteiger partial charge in [0.05, 0.1) is 22.5 Å². The number of nitrogens with two attached hydrogens (primary N) is 1. The minimum atomic E-state index is -3.07. The molecule has 0 aliphatic carbocycles. The van der Waals surface area contributed by atoms with E-state index in [2.05, 4.69) is 0 Å². The van der Waals surface area contributed by atoms with Crippen LogP contribution in [-0.4, -0.2) is 45.9 Å². The summed E-state index contributed by atoms with van der Waals surface area (Å²) in [6.45, 7) is 3.67. The second-order valence-electron chi connectivity index (χ2n) is 5.36. The van der Waals surface area contributed by atoms with Gasteiger partial charge in [0.1, 0.15) is 0 Å². The molecule has 0 aromatic carbocycles. The molecule has 0 radical (unpaired) electrons. The second kappa shape index (κ2) is 5.88. The summed E-state index contributed by atoms with van der Waals surface area (Å²) in [7, 11) is -5.99. The molecule has 1 fully saturated rings. The van der Waals surface area contributed by atoms with E-state index in [-0.39, 0.29) is 34.3 Å². The van der Waals surface area contributed by atoms with Crippen molar-refractivity contribution in [2.45, 2.75) is 31.9 Å². The fourth-order valence-corrected chi connectivity index (χ4v) is 5.32. The monoisotopic (exact) mass is 297 g/mol. The summed E-state index contributed by atoms with van der Waals surface area (Å²) in [6.07, 6.45) is 1.09. The highest BCUT2D eigenvalue weighted by atomic mass is 32.2. The Morgan fingerprint density at radius 1 is 1.33 bits per heavy atom. The predicted molar refractivity (Wildman–Crippen MR) is 72.8 cm³/mol. The van der Waals surface area contributed by atoms with Crippen LogP contribution in [0.1, 0.15) is 26.7 Å². The molecule has 1 saturated heterocycles. The van der Waals surface area contributed by atoms with Gasteiger partial charge in [-0.3, -0.25) is 0 Å². The Labute approximate surface area is 110 Å². The van der Waals surface area contributed by atoms with Crippen molar-refractivity contribution in [2.75, 3.05) is 23.8 Å². The fraction of sp³-hybridized carbons (Fsp3) is 1.00. The van der Waals surface area contributed by atoms with Gasteiger partial charge in [-0.05, 0) is 45.1 Å². The van der Waals surface area contributed by atoms with Crippen LogP contribution in [0.15, 0.2) is 0 Å². The van der Waals surface area contributed by atoms with Crippen LogP contribution in [0.3, 0.4) is 0 Å². The molecule has 108 valence electrons. The molecular weight excluding hydrogens is 274 g/mol. The normalized spacial score (nSPS) is 25.4. The third kappa shape index (κ3) is 4.20. The molecule has 1 aliphatic heterocycles. The summed E-state index contributed by atoms with van der Waals surface area (Å²) in [5.41, 5.74) is 5.66. The Balaban J connectivity index is 2.59. The molecule has 1 aliphatic rings.